The van der Waals surface area contributed by atoms with Crippen molar-refractivity contribution < 1.29 is 4.74 Å². The fraction of sp³-hybridized carbons (Fsp3) is 1.00. The van der Waals surface area contributed by atoms with E-state index in [0.717, 1.165) is 19.1 Å². The first-order valence-corrected chi connectivity index (χ1v) is 8.18. The largest absolute Gasteiger partial charge is 0.375 e. The van der Waals surface area contributed by atoms with Crippen LogP contribution in [-0.4, -0.2) is 24.8 Å². The van der Waals surface area contributed by atoms with Gasteiger partial charge in [0.05, 0.1) is 5.60 Å². The van der Waals surface area contributed by atoms with E-state index in [9.17, 15) is 0 Å². The standard InChI is InChI=1S/C17H35NO/c1-7-16(3,4)14-9-11-15(12-10-14)18-13-17(5,6)19-8-2/h14-15,18H,7-13H2,1-6H3. The first kappa shape index (κ1) is 17.0. The lowest BCUT2D eigenvalue weighted by molar-refractivity contribution is -0.0122. The number of hydrogen-bond donors (Lipinski definition) is 1. The summed E-state index contributed by atoms with van der Waals surface area (Å²) in [5.74, 6) is 0.912. The van der Waals surface area contributed by atoms with Crippen molar-refractivity contribution in [1.29, 1.82) is 0 Å². The van der Waals surface area contributed by atoms with Crippen LogP contribution in [0.25, 0.3) is 0 Å². The van der Waals surface area contributed by atoms with Gasteiger partial charge >= 0.3 is 0 Å². The molecule has 0 unspecified atom stereocenters. The van der Waals surface area contributed by atoms with Crippen LogP contribution in [0.5, 0.6) is 0 Å². The summed E-state index contributed by atoms with van der Waals surface area (Å²) in [6.07, 6.45) is 6.72. The van der Waals surface area contributed by atoms with Gasteiger partial charge in [-0.1, -0.05) is 27.2 Å². The molecule has 1 rings (SSSR count). The van der Waals surface area contributed by atoms with Crippen LogP contribution in [-0.2, 0) is 4.74 Å². The Kier molecular flexibility index (Phi) is 6.32. The van der Waals surface area contributed by atoms with E-state index in [-0.39, 0.29) is 5.60 Å². The number of rotatable bonds is 7. The van der Waals surface area contributed by atoms with E-state index < -0.39 is 0 Å². The number of nitrogens with one attached hydrogen (secondary N) is 1. The maximum atomic E-state index is 5.75. The van der Waals surface area contributed by atoms with Gasteiger partial charge in [-0.3, -0.25) is 0 Å². The first-order valence-electron chi connectivity index (χ1n) is 8.18. The van der Waals surface area contributed by atoms with Gasteiger partial charge in [0.15, 0.2) is 0 Å². The second kappa shape index (κ2) is 7.08. The first-order chi connectivity index (χ1) is 8.80. The Labute approximate surface area is 120 Å². The summed E-state index contributed by atoms with van der Waals surface area (Å²) in [7, 11) is 0. The topological polar surface area (TPSA) is 21.3 Å². The van der Waals surface area contributed by atoms with Crippen molar-refractivity contribution in [3.63, 3.8) is 0 Å². The fourth-order valence-electron chi connectivity index (χ4n) is 3.20. The lowest BCUT2D eigenvalue weighted by Gasteiger charge is -2.39. The zero-order valence-corrected chi connectivity index (χ0v) is 14.0. The normalized spacial score (nSPS) is 25.6. The molecule has 0 aromatic rings. The van der Waals surface area contributed by atoms with Crippen molar-refractivity contribution >= 4 is 0 Å². The van der Waals surface area contributed by atoms with Crippen molar-refractivity contribution in [2.75, 3.05) is 13.2 Å². The van der Waals surface area contributed by atoms with Gasteiger partial charge in [-0.25, -0.2) is 0 Å². The van der Waals surface area contributed by atoms with Crippen molar-refractivity contribution in [2.45, 2.75) is 85.3 Å². The van der Waals surface area contributed by atoms with Crippen LogP contribution in [0.4, 0.5) is 0 Å². The molecule has 1 fully saturated rings. The highest BCUT2D eigenvalue weighted by Crippen LogP contribution is 2.40. The van der Waals surface area contributed by atoms with Crippen LogP contribution in [0.2, 0.25) is 0 Å². The maximum Gasteiger partial charge on any atom is 0.0750 e. The molecule has 2 heteroatoms. The molecule has 0 amide bonds. The number of ether oxygens (including phenoxy) is 1. The second-order valence-corrected chi connectivity index (χ2v) is 7.46. The van der Waals surface area contributed by atoms with Crippen molar-refractivity contribution in [3.05, 3.63) is 0 Å². The Morgan fingerprint density at radius 3 is 2.05 bits per heavy atom. The summed E-state index contributed by atoms with van der Waals surface area (Å²) in [5.41, 5.74) is 0.490. The lowest BCUT2D eigenvalue weighted by atomic mass is 9.69. The van der Waals surface area contributed by atoms with Crippen LogP contribution in [0.15, 0.2) is 0 Å². The molecule has 19 heavy (non-hydrogen) atoms. The highest BCUT2D eigenvalue weighted by atomic mass is 16.5. The summed E-state index contributed by atoms with van der Waals surface area (Å²) in [6.45, 7) is 15.4. The Balaban J connectivity index is 2.31. The van der Waals surface area contributed by atoms with Crippen LogP contribution in [0, 0.1) is 11.3 Å². The molecule has 1 aliphatic carbocycles. The van der Waals surface area contributed by atoms with Gasteiger partial charge in [0, 0.05) is 19.2 Å². The Morgan fingerprint density at radius 1 is 1.00 bits per heavy atom. The molecular formula is C17H35NO. The molecule has 0 saturated heterocycles. The van der Waals surface area contributed by atoms with Gasteiger partial charge in [-0.2, -0.15) is 0 Å². The summed E-state index contributed by atoms with van der Waals surface area (Å²) >= 11 is 0. The van der Waals surface area contributed by atoms with Crippen LogP contribution in [0.3, 0.4) is 0 Å². The van der Waals surface area contributed by atoms with Gasteiger partial charge in [-0.15, -0.1) is 0 Å². The number of hydrogen-bond acceptors (Lipinski definition) is 2. The quantitative estimate of drug-likeness (QED) is 0.740. The van der Waals surface area contributed by atoms with Gasteiger partial charge < -0.3 is 10.1 Å². The van der Waals surface area contributed by atoms with E-state index >= 15 is 0 Å². The summed E-state index contributed by atoms with van der Waals surface area (Å²) < 4.78 is 5.75. The van der Waals surface area contributed by atoms with Gasteiger partial charge in [0.2, 0.25) is 0 Å². The molecule has 0 aromatic carbocycles. The van der Waals surface area contributed by atoms with Crippen LogP contribution in [0.1, 0.15) is 73.6 Å². The second-order valence-electron chi connectivity index (χ2n) is 7.46. The van der Waals surface area contributed by atoms with Crippen molar-refractivity contribution in [3.8, 4) is 0 Å². The molecule has 0 aliphatic heterocycles. The monoisotopic (exact) mass is 269 g/mol. The minimum absolute atomic E-state index is 0.0334. The highest BCUT2D eigenvalue weighted by molar-refractivity contribution is 4.86. The third kappa shape index (κ3) is 5.43. The van der Waals surface area contributed by atoms with Gasteiger partial charge in [0.25, 0.3) is 0 Å². The Morgan fingerprint density at radius 2 is 1.58 bits per heavy atom. The van der Waals surface area contributed by atoms with Gasteiger partial charge in [-0.05, 0) is 57.8 Å². The van der Waals surface area contributed by atoms with Crippen molar-refractivity contribution in [2.24, 2.45) is 11.3 Å². The molecule has 1 saturated carbocycles. The predicted octanol–water partition coefficient (Wildman–Crippen LogP) is 4.39. The Bertz CT molecular complexity index is 252. The molecular weight excluding hydrogens is 234 g/mol. The lowest BCUT2D eigenvalue weighted by Crippen LogP contribution is -2.44. The minimum atomic E-state index is -0.0334. The third-order valence-corrected chi connectivity index (χ3v) is 5.10. The molecule has 0 radical (unpaired) electrons. The van der Waals surface area contributed by atoms with Crippen molar-refractivity contribution in [1.82, 2.24) is 5.32 Å². The van der Waals surface area contributed by atoms with E-state index in [2.05, 4.69) is 46.9 Å². The Hall–Kier alpha value is -0.0800. The van der Waals surface area contributed by atoms with E-state index in [1.807, 2.05) is 0 Å². The summed E-state index contributed by atoms with van der Waals surface area (Å²) in [4.78, 5) is 0. The maximum absolute atomic E-state index is 5.75. The SMILES string of the molecule is CCOC(C)(C)CNC1CCC(C(C)(C)CC)CC1. The molecule has 114 valence electrons. The molecule has 1 N–H and O–H groups in total. The van der Waals surface area contributed by atoms with E-state index in [1.165, 1.54) is 32.1 Å². The molecule has 0 heterocycles. The average Bonchev–Trinajstić information content (AvgIpc) is 2.37. The smallest absolute Gasteiger partial charge is 0.0750 e. The van der Waals surface area contributed by atoms with E-state index in [0.29, 0.717) is 11.5 Å². The summed E-state index contributed by atoms with van der Waals surface area (Å²) in [5, 5.41) is 3.71. The molecule has 0 spiro atoms. The molecule has 1 aliphatic rings. The van der Waals surface area contributed by atoms with Crippen LogP contribution >= 0.6 is 0 Å². The van der Waals surface area contributed by atoms with Crippen LogP contribution < -0.4 is 5.32 Å². The zero-order chi connectivity index (χ0) is 14.5. The molecule has 0 aromatic heterocycles. The van der Waals surface area contributed by atoms with E-state index in [1.54, 1.807) is 0 Å². The minimum Gasteiger partial charge on any atom is -0.375 e. The predicted molar refractivity (Wildman–Crippen MR) is 83.5 cm³/mol. The zero-order valence-electron chi connectivity index (χ0n) is 14.0. The average molecular weight is 269 g/mol. The molecule has 0 bridgehead atoms. The third-order valence-electron chi connectivity index (χ3n) is 5.10. The van der Waals surface area contributed by atoms with Gasteiger partial charge in [0.1, 0.15) is 0 Å². The highest BCUT2D eigenvalue weighted by Gasteiger charge is 2.32. The fourth-order valence-corrected chi connectivity index (χ4v) is 3.20. The molecule has 2 nitrogen and oxygen atoms in total. The summed E-state index contributed by atoms with van der Waals surface area (Å²) in [6, 6.07) is 0.698. The molecule has 0 atom stereocenters. The van der Waals surface area contributed by atoms with E-state index in [4.69, 9.17) is 4.74 Å².